The third kappa shape index (κ3) is 4.88. The van der Waals surface area contributed by atoms with Crippen LogP contribution < -0.4 is 24.8 Å². The standard InChI is InChI=1S/C24H21N3O5S/c1-29-16-10-15(11-17(13-16)30-2)22(28)27-24(33)26-19-12-14(8-9-20(19)31-3)23-25-18-6-4-5-7-21(18)32-23/h4-13H,1-3H3,(H2,26,27,28,33). The van der Waals surface area contributed by atoms with Crippen molar-refractivity contribution in [1.82, 2.24) is 10.3 Å². The van der Waals surface area contributed by atoms with Crippen molar-refractivity contribution in [2.45, 2.75) is 0 Å². The molecule has 0 unspecified atom stereocenters. The molecular formula is C24H21N3O5S. The van der Waals surface area contributed by atoms with Gasteiger partial charge in [0.2, 0.25) is 5.89 Å². The monoisotopic (exact) mass is 463 g/mol. The van der Waals surface area contributed by atoms with Gasteiger partial charge in [0, 0.05) is 17.2 Å². The predicted octanol–water partition coefficient (Wildman–Crippen LogP) is 4.65. The smallest absolute Gasteiger partial charge is 0.257 e. The second kappa shape index (κ2) is 9.58. The van der Waals surface area contributed by atoms with Crippen molar-refractivity contribution < 1.29 is 23.4 Å². The Morgan fingerprint density at radius 2 is 1.67 bits per heavy atom. The first-order valence-corrected chi connectivity index (χ1v) is 10.3. The minimum atomic E-state index is -0.418. The highest BCUT2D eigenvalue weighted by Gasteiger charge is 2.15. The highest BCUT2D eigenvalue weighted by Crippen LogP contribution is 2.32. The van der Waals surface area contributed by atoms with Crippen LogP contribution in [-0.2, 0) is 0 Å². The summed E-state index contributed by atoms with van der Waals surface area (Å²) in [5.41, 5.74) is 3.05. The van der Waals surface area contributed by atoms with Gasteiger partial charge in [-0.15, -0.1) is 0 Å². The molecule has 33 heavy (non-hydrogen) atoms. The molecule has 168 valence electrons. The molecule has 3 aromatic carbocycles. The lowest BCUT2D eigenvalue weighted by Gasteiger charge is -2.14. The molecule has 0 spiro atoms. The number of para-hydroxylation sites is 2. The van der Waals surface area contributed by atoms with Crippen LogP contribution in [-0.4, -0.2) is 37.3 Å². The van der Waals surface area contributed by atoms with E-state index in [1.807, 2.05) is 30.3 Å². The predicted molar refractivity (Wildman–Crippen MR) is 129 cm³/mol. The zero-order valence-electron chi connectivity index (χ0n) is 18.2. The number of aromatic nitrogens is 1. The van der Waals surface area contributed by atoms with Gasteiger partial charge in [-0.3, -0.25) is 10.1 Å². The van der Waals surface area contributed by atoms with Crippen LogP contribution in [0.5, 0.6) is 17.2 Å². The summed E-state index contributed by atoms with van der Waals surface area (Å²) in [5.74, 6) is 1.56. The van der Waals surface area contributed by atoms with Crippen molar-refractivity contribution in [2.24, 2.45) is 0 Å². The number of carbonyl (C=O) groups is 1. The van der Waals surface area contributed by atoms with Crippen LogP contribution >= 0.6 is 12.2 Å². The largest absolute Gasteiger partial charge is 0.497 e. The molecule has 2 N–H and O–H groups in total. The molecule has 0 aliphatic rings. The SMILES string of the molecule is COc1cc(OC)cc(C(=O)NC(=S)Nc2cc(-c3nc4ccccc4o3)ccc2OC)c1. The summed E-state index contributed by atoms with van der Waals surface area (Å²) in [7, 11) is 4.57. The minimum absolute atomic E-state index is 0.0924. The van der Waals surface area contributed by atoms with Crippen molar-refractivity contribution in [3.63, 3.8) is 0 Å². The van der Waals surface area contributed by atoms with E-state index in [2.05, 4.69) is 15.6 Å². The maximum Gasteiger partial charge on any atom is 0.257 e. The molecule has 0 saturated heterocycles. The summed E-state index contributed by atoms with van der Waals surface area (Å²) in [5, 5.41) is 5.75. The highest BCUT2D eigenvalue weighted by molar-refractivity contribution is 7.80. The Morgan fingerprint density at radius 1 is 0.939 bits per heavy atom. The molecule has 1 amide bonds. The Hall–Kier alpha value is -4.11. The number of oxazole rings is 1. The second-order valence-corrected chi connectivity index (χ2v) is 7.32. The first kappa shape index (κ1) is 22.1. The van der Waals surface area contributed by atoms with Crippen molar-refractivity contribution in [3.05, 3.63) is 66.2 Å². The van der Waals surface area contributed by atoms with Gasteiger partial charge in [0.15, 0.2) is 10.7 Å². The van der Waals surface area contributed by atoms with E-state index in [1.54, 1.807) is 37.4 Å². The lowest BCUT2D eigenvalue weighted by molar-refractivity contribution is 0.0977. The van der Waals surface area contributed by atoms with E-state index in [-0.39, 0.29) is 5.11 Å². The van der Waals surface area contributed by atoms with Crippen LogP contribution in [0.4, 0.5) is 5.69 Å². The Kier molecular flexibility index (Phi) is 6.41. The van der Waals surface area contributed by atoms with Crippen molar-refractivity contribution in [3.8, 4) is 28.7 Å². The van der Waals surface area contributed by atoms with E-state index in [0.717, 1.165) is 11.1 Å². The average Bonchev–Trinajstić information content (AvgIpc) is 3.28. The van der Waals surface area contributed by atoms with Gasteiger partial charge < -0.3 is 23.9 Å². The van der Waals surface area contributed by atoms with Gasteiger partial charge in [0.25, 0.3) is 5.91 Å². The fourth-order valence-corrected chi connectivity index (χ4v) is 3.40. The number of methoxy groups -OCH3 is 3. The number of benzene rings is 3. The number of nitrogens with one attached hydrogen (secondary N) is 2. The van der Waals surface area contributed by atoms with E-state index in [1.165, 1.54) is 14.2 Å². The molecule has 1 aromatic heterocycles. The molecule has 0 bridgehead atoms. The average molecular weight is 464 g/mol. The number of fused-ring (bicyclic) bond motifs is 1. The van der Waals surface area contributed by atoms with Crippen LogP contribution in [0.25, 0.3) is 22.6 Å². The van der Waals surface area contributed by atoms with E-state index in [9.17, 15) is 4.79 Å². The number of anilines is 1. The Balaban J connectivity index is 1.55. The quantitative estimate of drug-likeness (QED) is 0.399. The van der Waals surface area contributed by atoms with Gasteiger partial charge in [-0.2, -0.15) is 0 Å². The number of hydrogen-bond acceptors (Lipinski definition) is 7. The van der Waals surface area contributed by atoms with Gasteiger partial charge >= 0.3 is 0 Å². The number of nitrogens with zero attached hydrogens (tertiary/aromatic N) is 1. The molecule has 0 aliphatic carbocycles. The number of ether oxygens (including phenoxy) is 3. The molecule has 0 radical (unpaired) electrons. The van der Waals surface area contributed by atoms with Crippen LogP contribution in [0.3, 0.4) is 0 Å². The molecule has 0 fully saturated rings. The van der Waals surface area contributed by atoms with E-state index in [4.69, 9.17) is 30.8 Å². The summed E-state index contributed by atoms with van der Waals surface area (Å²) in [6.45, 7) is 0. The molecule has 0 aliphatic heterocycles. The molecular weight excluding hydrogens is 442 g/mol. The van der Waals surface area contributed by atoms with Gasteiger partial charge in [0.1, 0.15) is 22.8 Å². The molecule has 4 rings (SSSR count). The number of rotatable bonds is 6. The van der Waals surface area contributed by atoms with Crippen molar-refractivity contribution >= 4 is 40.0 Å². The first-order chi connectivity index (χ1) is 16.0. The first-order valence-electron chi connectivity index (χ1n) is 9.90. The zero-order valence-corrected chi connectivity index (χ0v) is 19.0. The number of carbonyl (C=O) groups excluding carboxylic acids is 1. The summed E-state index contributed by atoms with van der Waals surface area (Å²) >= 11 is 5.35. The Bertz CT molecular complexity index is 1280. The van der Waals surface area contributed by atoms with Gasteiger partial charge in [0.05, 0.1) is 27.0 Å². The van der Waals surface area contributed by atoms with Crippen LogP contribution in [0.1, 0.15) is 10.4 Å². The summed E-state index contributed by atoms with van der Waals surface area (Å²) < 4.78 is 21.7. The zero-order chi connectivity index (χ0) is 23.4. The fraction of sp³-hybridized carbons (Fsp3) is 0.125. The van der Waals surface area contributed by atoms with E-state index < -0.39 is 5.91 Å². The third-order valence-corrected chi connectivity index (χ3v) is 5.03. The molecule has 0 saturated carbocycles. The normalized spacial score (nSPS) is 10.5. The molecule has 0 atom stereocenters. The summed E-state index contributed by atoms with van der Waals surface area (Å²) in [4.78, 5) is 17.2. The Morgan fingerprint density at radius 3 is 2.33 bits per heavy atom. The van der Waals surface area contributed by atoms with Crippen LogP contribution in [0.2, 0.25) is 0 Å². The lowest BCUT2D eigenvalue weighted by atomic mass is 10.2. The lowest BCUT2D eigenvalue weighted by Crippen LogP contribution is -2.34. The van der Waals surface area contributed by atoms with E-state index in [0.29, 0.717) is 40.0 Å². The maximum absolute atomic E-state index is 12.7. The second-order valence-electron chi connectivity index (χ2n) is 6.91. The highest BCUT2D eigenvalue weighted by atomic mass is 32.1. The maximum atomic E-state index is 12.7. The molecule has 8 nitrogen and oxygen atoms in total. The molecule has 9 heteroatoms. The molecule has 4 aromatic rings. The topological polar surface area (TPSA) is 94.9 Å². The number of hydrogen-bond donors (Lipinski definition) is 2. The van der Waals surface area contributed by atoms with Gasteiger partial charge in [-0.25, -0.2) is 4.98 Å². The van der Waals surface area contributed by atoms with Gasteiger partial charge in [-0.05, 0) is 54.7 Å². The van der Waals surface area contributed by atoms with Gasteiger partial charge in [-0.1, -0.05) is 12.1 Å². The van der Waals surface area contributed by atoms with Crippen molar-refractivity contribution in [1.29, 1.82) is 0 Å². The number of thiocarbonyl (C=S) groups is 1. The fourth-order valence-electron chi connectivity index (χ4n) is 3.20. The van der Waals surface area contributed by atoms with Crippen LogP contribution in [0, 0.1) is 0 Å². The molecule has 1 heterocycles. The minimum Gasteiger partial charge on any atom is -0.497 e. The summed E-state index contributed by atoms with van der Waals surface area (Å²) in [6.07, 6.45) is 0. The summed E-state index contributed by atoms with van der Waals surface area (Å²) in [6, 6.07) is 17.8. The van der Waals surface area contributed by atoms with E-state index >= 15 is 0 Å². The van der Waals surface area contributed by atoms with Crippen molar-refractivity contribution in [2.75, 3.05) is 26.6 Å². The Labute approximate surface area is 195 Å². The number of amides is 1. The van der Waals surface area contributed by atoms with Crippen LogP contribution in [0.15, 0.2) is 65.1 Å². The third-order valence-electron chi connectivity index (χ3n) is 4.83.